The zero-order chi connectivity index (χ0) is 27.2. The Hall–Kier alpha value is -1.10. The second-order valence-electron chi connectivity index (χ2n) is 12.2. The van der Waals surface area contributed by atoms with Gasteiger partial charge in [-0.2, -0.15) is 0 Å². The molecule has 0 aromatic heterocycles. The van der Waals surface area contributed by atoms with E-state index in [2.05, 4.69) is 41.5 Å². The fourth-order valence-electron chi connectivity index (χ4n) is 6.15. The Morgan fingerprint density at radius 2 is 0.973 bits per heavy atom. The van der Waals surface area contributed by atoms with Crippen molar-refractivity contribution >= 4 is 11.9 Å². The molecule has 0 amide bonds. The van der Waals surface area contributed by atoms with E-state index in [4.69, 9.17) is 14.2 Å². The molecule has 6 unspecified atom stereocenters. The molecule has 0 radical (unpaired) electrons. The Morgan fingerprint density at radius 3 is 1.27 bits per heavy atom. The summed E-state index contributed by atoms with van der Waals surface area (Å²) in [5.41, 5.74) is 0. The van der Waals surface area contributed by atoms with Crippen LogP contribution in [0.15, 0.2) is 0 Å². The van der Waals surface area contributed by atoms with Gasteiger partial charge in [0, 0.05) is 0 Å². The molecule has 37 heavy (non-hydrogen) atoms. The molecular weight excluding hydrogens is 464 g/mol. The molecule has 1 saturated carbocycles. The van der Waals surface area contributed by atoms with Crippen LogP contribution >= 0.6 is 0 Å². The van der Waals surface area contributed by atoms with Gasteiger partial charge >= 0.3 is 11.9 Å². The minimum atomic E-state index is -0.445. The minimum Gasteiger partial charge on any atom is -0.465 e. The van der Waals surface area contributed by atoms with Gasteiger partial charge in [0.15, 0.2) is 0 Å². The van der Waals surface area contributed by atoms with Gasteiger partial charge in [-0.25, -0.2) is 0 Å². The van der Waals surface area contributed by atoms with Gasteiger partial charge in [-0.15, -0.1) is 0 Å². The van der Waals surface area contributed by atoms with Gasteiger partial charge in [0.05, 0.1) is 37.3 Å². The van der Waals surface area contributed by atoms with E-state index in [0.29, 0.717) is 49.7 Å². The lowest BCUT2D eigenvalue weighted by Gasteiger charge is -2.29. The number of ether oxygens (including phenoxy) is 3. The quantitative estimate of drug-likeness (QED) is 0.119. The molecule has 1 saturated heterocycles. The first-order valence-electron chi connectivity index (χ1n) is 15.8. The van der Waals surface area contributed by atoms with Crippen molar-refractivity contribution in [1.82, 2.24) is 0 Å². The molecule has 216 valence electrons. The molecular formula is C32H58O5. The average Bonchev–Trinajstić information content (AvgIpc) is 3.68. The highest BCUT2D eigenvalue weighted by molar-refractivity contribution is 5.82. The number of epoxide rings is 1. The maximum atomic E-state index is 13.2. The molecule has 6 atom stereocenters. The summed E-state index contributed by atoms with van der Waals surface area (Å²) in [5, 5.41) is 0. The smallest absolute Gasteiger partial charge is 0.309 e. The highest BCUT2D eigenvalue weighted by Crippen LogP contribution is 2.44. The van der Waals surface area contributed by atoms with Crippen LogP contribution in [0.5, 0.6) is 0 Å². The molecule has 2 rings (SSSR count). The van der Waals surface area contributed by atoms with E-state index in [0.717, 1.165) is 0 Å². The van der Waals surface area contributed by atoms with Crippen molar-refractivity contribution in [3.05, 3.63) is 0 Å². The summed E-state index contributed by atoms with van der Waals surface area (Å²) in [7, 11) is 0. The molecule has 2 fully saturated rings. The van der Waals surface area contributed by atoms with Gasteiger partial charge in [0.25, 0.3) is 0 Å². The number of esters is 2. The third kappa shape index (κ3) is 10.9. The van der Waals surface area contributed by atoms with Gasteiger partial charge in [-0.1, -0.05) is 119 Å². The summed E-state index contributed by atoms with van der Waals surface area (Å²) >= 11 is 0. The Morgan fingerprint density at radius 1 is 0.649 bits per heavy atom. The Bertz CT molecular complexity index is 579. The molecule has 1 aliphatic carbocycles. The summed E-state index contributed by atoms with van der Waals surface area (Å²) in [6.45, 7) is 14.2. The lowest BCUT2D eigenvalue weighted by Crippen LogP contribution is -2.39. The zero-order valence-corrected chi connectivity index (χ0v) is 25.0. The zero-order valence-electron chi connectivity index (χ0n) is 25.0. The third-order valence-electron chi connectivity index (χ3n) is 9.05. The largest absolute Gasteiger partial charge is 0.465 e. The maximum Gasteiger partial charge on any atom is 0.309 e. The minimum absolute atomic E-state index is 0.104. The summed E-state index contributed by atoms with van der Waals surface area (Å²) in [4.78, 5) is 26.5. The molecule has 1 heterocycles. The predicted molar refractivity (Wildman–Crippen MR) is 150 cm³/mol. The highest BCUT2D eigenvalue weighted by Gasteiger charge is 2.53. The molecule has 5 nitrogen and oxygen atoms in total. The molecule has 0 bridgehead atoms. The van der Waals surface area contributed by atoms with Crippen molar-refractivity contribution in [2.75, 3.05) is 13.2 Å². The van der Waals surface area contributed by atoms with Crippen LogP contribution in [0.25, 0.3) is 0 Å². The number of fused-ring (bicyclic) bond motifs is 1. The maximum absolute atomic E-state index is 13.2. The van der Waals surface area contributed by atoms with Crippen LogP contribution in [-0.2, 0) is 23.8 Å². The first-order chi connectivity index (χ1) is 17.9. The van der Waals surface area contributed by atoms with E-state index in [1.54, 1.807) is 0 Å². The average molecular weight is 523 g/mol. The van der Waals surface area contributed by atoms with E-state index >= 15 is 0 Å². The molecule has 0 spiro atoms. The fourth-order valence-corrected chi connectivity index (χ4v) is 6.15. The Kier molecular flexibility index (Phi) is 15.2. The van der Waals surface area contributed by atoms with Crippen molar-refractivity contribution in [2.24, 2.45) is 35.5 Å². The molecule has 0 N–H and O–H groups in total. The molecule has 5 heteroatoms. The summed E-state index contributed by atoms with van der Waals surface area (Å²) in [6.07, 6.45) is 15.8. The van der Waals surface area contributed by atoms with Gasteiger partial charge in [0.2, 0.25) is 0 Å². The van der Waals surface area contributed by atoms with Crippen LogP contribution in [0, 0.1) is 35.5 Å². The van der Waals surface area contributed by atoms with Crippen molar-refractivity contribution in [3.8, 4) is 0 Å². The summed E-state index contributed by atoms with van der Waals surface area (Å²) in [6, 6.07) is 0. The lowest BCUT2D eigenvalue weighted by atomic mass is 9.79. The summed E-state index contributed by atoms with van der Waals surface area (Å²) in [5.74, 6) is 0.499. The molecule has 1 aliphatic heterocycles. The highest BCUT2D eigenvalue weighted by atomic mass is 16.6. The van der Waals surface area contributed by atoms with E-state index in [-0.39, 0.29) is 24.1 Å². The fraction of sp³-hybridized carbons (Fsp3) is 0.938. The summed E-state index contributed by atoms with van der Waals surface area (Å²) < 4.78 is 17.5. The van der Waals surface area contributed by atoms with Crippen molar-refractivity contribution in [3.63, 3.8) is 0 Å². The van der Waals surface area contributed by atoms with Crippen molar-refractivity contribution in [2.45, 2.75) is 144 Å². The second-order valence-corrected chi connectivity index (χ2v) is 12.2. The monoisotopic (exact) mass is 522 g/mol. The van der Waals surface area contributed by atoms with Gasteiger partial charge in [-0.3, -0.25) is 9.59 Å². The van der Waals surface area contributed by atoms with Crippen LogP contribution < -0.4 is 0 Å². The van der Waals surface area contributed by atoms with Crippen LogP contribution in [0.3, 0.4) is 0 Å². The first kappa shape index (κ1) is 32.1. The van der Waals surface area contributed by atoms with E-state index < -0.39 is 11.8 Å². The van der Waals surface area contributed by atoms with Gasteiger partial charge < -0.3 is 14.2 Å². The van der Waals surface area contributed by atoms with Crippen LogP contribution in [-0.4, -0.2) is 37.4 Å². The molecule has 0 aromatic rings. The lowest BCUT2D eigenvalue weighted by molar-refractivity contribution is -0.164. The predicted octanol–water partition coefficient (Wildman–Crippen LogP) is 8.13. The normalized spacial score (nSPS) is 24.5. The standard InChI is InChI=1S/C32H58O5/c1-7-11-15-25(16-12-8-2)23(5)21-35-31(33)27-19-29-30(37-29)20-28(27)32(34)36-22-24(6)26(17-13-9-3)18-14-10-4/h23-30H,7-22H2,1-6H3. The molecule has 0 aromatic carbocycles. The number of hydrogen-bond acceptors (Lipinski definition) is 5. The first-order valence-corrected chi connectivity index (χ1v) is 15.8. The third-order valence-corrected chi connectivity index (χ3v) is 9.05. The van der Waals surface area contributed by atoms with Crippen LogP contribution in [0.4, 0.5) is 0 Å². The second kappa shape index (κ2) is 17.5. The Balaban J connectivity index is 1.91. The number of hydrogen-bond donors (Lipinski definition) is 0. The van der Waals surface area contributed by atoms with E-state index in [1.165, 1.54) is 77.0 Å². The number of unbranched alkanes of at least 4 members (excludes halogenated alkanes) is 4. The van der Waals surface area contributed by atoms with Crippen molar-refractivity contribution in [1.29, 1.82) is 0 Å². The SMILES string of the molecule is CCCCC(CCCC)C(C)COC(=O)C1CC2OC2CC1C(=O)OCC(C)C(CCCC)CCCC. The van der Waals surface area contributed by atoms with Crippen LogP contribution in [0.1, 0.15) is 131 Å². The Labute approximate surface area is 228 Å². The van der Waals surface area contributed by atoms with Crippen LogP contribution in [0.2, 0.25) is 0 Å². The number of carbonyl (C=O) groups is 2. The van der Waals surface area contributed by atoms with Crippen molar-refractivity contribution < 1.29 is 23.8 Å². The van der Waals surface area contributed by atoms with E-state index in [9.17, 15) is 9.59 Å². The van der Waals surface area contributed by atoms with Gasteiger partial charge in [-0.05, 0) is 36.5 Å². The number of rotatable bonds is 20. The van der Waals surface area contributed by atoms with Gasteiger partial charge in [0.1, 0.15) is 0 Å². The van der Waals surface area contributed by atoms with E-state index in [1.807, 2.05) is 0 Å². The number of carbonyl (C=O) groups excluding carboxylic acids is 2. The topological polar surface area (TPSA) is 65.1 Å². The molecule has 2 aliphatic rings.